The number of hydrogen-bond donors (Lipinski definition) is 2. The van der Waals surface area contributed by atoms with Crippen molar-refractivity contribution >= 4 is 22.0 Å². The van der Waals surface area contributed by atoms with Gasteiger partial charge in [-0.05, 0) is 18.1 Å². The molecule has 0 aliphatic heterocycles. The van der Waals surface area contributed by atoms with Crippen LogP contribution in [-0.2, 0) is 14.8 Å². The first kappa shape index (κ1) is 16.4. The average molecular weight is 296 g/mol. The summed E-state index contributed by atoms with van der Waals surface area (Å²) in [5, 5.41) is 7.83. The number of primary sulfonamides is 1. The van der Waals surface area contributed by atoms with Crippen LogP contribution < -0.4 is 10.5 Å². The van der Waals surface area contributed by atoms with Crippen LogP contribution in [0, 0.1) is 0 Å². The van der Waals surface area contributed by atoms with Gasteiger partial charge in [-0.3, -0.25) is 4.79 Å². The fourth-order valence-corrected chi connectivity index (χ4v) is 2.23. The summed E-state index contributed by atoms with van der Waals surface area (Å²) < 4.78 is 23.1. The van der Waals surface area contributed by atoms with E-state index in [1.54, 1.807) is 24.3 Å². The number of benzene rings is 1. The van der Waals surface area contributed by atoms with E-state index in [1.165, 1.54) is 6.08 Å². The topological polar surface area (TPSA) is 89.3 Å². The van der Waals surface area contributed by atoms with E-state index in [4.69, 9.17) is 5.14 Å². The number of amides is 1. The highest BCUT2D eigenvalue weighted by Gasteiger charge is 2.16. The Morgan fingerprint density at radius 3 is 2.50 bits per heavy atom. The van der Waals surface area contributed by atoms with E-state index in [1.807, 2.05) is 13.0 Å². The first-order valence-electron chi connectivity index (χ1n) is 6.48. The Morgan fingerprint density at radius 2 is 1.95 bits per heavy atom. The van der Waals surface area contributed by atoms with E-state index in [0.717, 1.165) is 12.8 Å². The second-order valence-electron chi connectivity index (χ2n) is 4.45. The molecule has 0 fully saturated rings. The summed E-state index contributed by atoms with van der Waals surface area (Å²) >= 11 is 0. The van der Waals surface area contributed by atoms with Gasteiger partial charge >= 0.3 is 0 Å². The van der Waals surface area contributed by atoms with Crippen molar-refractivity contribution in [1.82, 2.24) is 5.32 Å². The molecule has 1 aromatic carbocycles. The molecule has 0 spiro atoms. The average Bonchev–Trinajstić information content (AvgIpc) is 2.38. The summed E-state index contributed by atoms with van der Waals surface area (Å²) in [5.74, 6) is -0.338. The smallest absolute Gasteiger partial charge is 0.234 e. The van der Waals surface area contributed by atoms with Gasteiger partial charge in [0.2, 0.25) is 15.9 Å². The van der Waals surface area contributed by atoms with E-state index in [-0.39, 0.29) is 17.2 Å². The highest BCUT2D eigenvalue weighted by molar-refractivity contribution is 7.93. The minimum atomic E-state index is -3.89. The van der Waals surface area contributed by atoms with E-state index >= 15 is 0 Å². The van der Waals surface area contributed by atoms with E-state index in [0.29, 0.717) is 12.1 Å². The second-order valence-corrected chi connectivity index (χ2v) is 6.06. The van der Waals surface area contributed by atoms with Crippen LogP contribution in [0.4, 0.5) is 0 Å². The van der Waals surface area contributed by atoms with Gasteiger partial charge in [0.25, 0.3) is 0 Å². The molecule has 0 aromatic heterocycles. The zero-order valence-electron chi connectivity index (χ0n) is 11.5. The third-order valence-electron chi connectivity index (χ3n) is 2.68. The lowest BCUT2D eigenvalue weighted by Crippen LogP contribution is -2.27. The van der Waals surface area contributed by atoms with E-state index < -0.39 is 10.0 Å². The number of carbonyl (C=O) groups is 1. The van der Waals surface area contributed by atoms with Crippen molar-refractivity contribution in [3.8, 4) is 0 Å². The van der Waals surface area contributed by atoms with Crippen LogP contribution in [0.1, 0.15) is 31.7 Å². The van der Waals surface area contributed by atoms with Crippen LogP contribution in [0.25, 0.3) is 6.08 Å². The van der Waals surface area contributed by atoms with Gasteiger partial charge in [0.05, 0.1) is 11.3 Å². The van der Waals surface area contributed by atoms with Gasteiger partial charge in [-0.15, -0.1) is 0 Å². The second kappa shape index (κ2) is 7.81. The van der Waals surface area contributed by atoms with Crippen molar-refractivity contribution in [3.05, 3.63) is 40.8 Å². The number of rotatable bonds is 7. The molecular formula is C14H20N2O3S. The maximum absolute atomic E-state index is 11.7. The molecular weight excluding hydrogens is 276 g/mol. The van der Waals surface area contributed by atoms with E-state index in [9.17, 15) is 13.2 Å². The Morgan fingerprint density at radius 1 is 1.30 bits per heavy atom. The first-order chi connectivity index (χ1) is 9.43. The predicted molar refractivity (Wildman–Crippen MR) is 80.1 cm³/mol. The van der Waals surface area contributed by atoms with E-state index in [2.05, 4.69) is 5.32 Å². The molecule has 0 atom stereocenters. The van der Waals surface area contributed by atoms with Crippen LogP contribution in [0.2, 0.25) is 0 Å². The van der Waals surface area contributed by atoms with Crippen molar-refractivity contribution in [1.29, 1.82) is 0 Å². The van der Waals surface area contributed by atoms with Gasteiger partial charge in [-0.2, -0.15) is 0 Å². The summed E-state index contributed by atoms with van der Waals surface area (Å²) in [7, 11) is -3.89. The molecule has 110 valence electrons. The zero-order valence-corrected chi connectivity index (χ0v) is 12.3. The van der Waals surface area contributed by atoms with Gasteiger partial charge in [-0.25, -0.2) is 13.6 Å². The van der Waals surface area contributed by atoms with Crippen molar-refractivity contribution in [2.24, 2.45) is 5.14 Å². The van der Waals surface area contributed by atoms with Crippen LogP contribution in [0.5, 0.6) is 0 Å². The largest absolute Gasteiger partial charge is 0.356 e. The quantitative estimate of drug-likeness (QED) is 0.749. The maximum atomic E-state index is 11.7. The Balaban J connectivity index is 2.82. The molecule has 6 heteroatoms. The molecule has 0 bridgehead atoms. The molecule has 1 rings (SSSR count). The molecule has 0 aliphatic carbocycles. The number of unbranched alkanes of at least 4 members (excludes halogenated alkanes) is 1. The molecule has 0 aliphatic rings. The van der Waals surface area contributed by atoms with Gasteiger partial charge in [0.15, 0.2) is 0 Å². The highest BCUT2D eigenvalue weighted by atomic mass is 32.2. The summed E-state index contributed by atoms with van der Waals surface area (Å²) in [4.78, 5) is 11.6. The van der Waals surface area contributed by atoms with Crippen LogP contribution in [0.15, 0.2) is 35.2 Å². The molecule has 0 unspecified atom stereocenters. The van der Waals surface area contributed by atoms with Crippen LogP contribution in [-0.4, -0.2) is 20.9 Å². The lowest BCUT2D eigenvalue weighted by atomic mass is 10.2. The molecule has 5 nitrogen and oxygen atoms in total. The maximum Gasteiger partial charge on any atom is 0.234 e. The van der Waals surface area contributed by atoms with Crippen LogP contribution >= 0.6 is 0 Å². The summed E-state index contributed by atoms with van der Waals surface area (Å²) in [6, 6.07) is 8.90. The Labute approximate surface area is 119 Å². The molecule has 0 heterocycles. The Kier molecular flexibility index (Phi) is 6.41. The molecule has 0 saturated carbocycles. The van der Waals surface area contributed by atoms with Gasteiger partial charge in [-0.1, -0.05) is 43.7 Å². The van der Waals surface area contributed by atoms with Crippen molar-refractivity contribution in [3.63, 3.8) is 0 Å². The van der Waals surface area contributed by atoms with Gasteiger partial charge in [0.1, 0.15) is 0 Å². The lowest BCUT2D eigenvalue weighted by molar-refractivity contribution is -0.120. The minimum absolute atomic E-state index is 0.0855. The van der Waals surface area contributed by atoms with Crippen molar-refractivity contribution in [2.75, 3.05) is 6.54 Å². The van der Waals surface area contributed by atoms with Gasteiger partial charge in [0, 0.05) is 6.54 Å². The highest BCUT2D eigenvalue weighted by Crippen LogP contribution is 2.13. The molecule has 1 amide bonds. The predicted octanol–water partition coefficient (Wildman–Crippen LogP) is 1.62. The number of sulfonamides is 1. The molecule has 0 saturated heterocycles. The standard InChI is InChI=1S/C14H20N2O3S/c1-2-3-9-16-14(17)11-13(20(15,18)19)10-12-7-5-4-6-8-12/h4-8,10H,2-3,9,11H2,1H3,(H,16,17)(H2,15,18,19). The lowest BCUT2D eigenvalue weighted by Gasteiger charge is -2.07. The van der Waals surface area contributed by atoms with Crippen molar-refractivity contribution < 1.29 is 13.2 Å². The molecule has 0 radical (unpaired) electrons. The fourth-order valence-electron chi connectivity index (χ4n) is 1.59. The SMILES string of the molecule is CCCCNC(=O)CC(=Cc1ccccc1)S(N)(=O)=O. The Hall–Kier alpha value is -1.66. The monoisotopic (exact) mass is 296 g/mol. The number of carbonyl (C=O) groups excluding carboxylic acids is 1. The summed E-state index contributed by atoms with van der Waals surface area (Å²) in [6.07, 6.45) is 3.01. The zero-order chi connectivity index (χ0) is 15.0. The molecule has 20 heavy (non-hydrogen) atoms. The summed E-state index contributed by atoms with van der Waals surface area (Å²) in [6.45, 7) is 2.55. The number of nitrogens with two attached hydrogens (primary N) is 1. The fraction of sp³-hybridized carbons (Fsp3) is 0.357. The minimum Gasteiger partial charge on any atom is -0.356 e. The number of hydrogen-bond acceptors (Lipinski definition) is 3. The normalized spacial score (nSPS) is 12.2. The first-order valence-corrected chi connectivity index (χ1v) is 8.03. The van der Waals surface area contributed by atoms with Gasteiger partial charge < -0.3 is 5.32 Å². The number of nitrogens with one attached hydrogen (secondary N) is 1. The van der Waals surface area contributed by atoms with Crippen molar-refractivity contribution in [2.45, 2.75) is 26.2 Å². The third-order valence-corrected chi connectivity index (χ3v) is 3.67. The van der Waals surface area contributed by atoms with Crippen LogP contribution in [0.3, 0.4) is 0 Å². The Bertz CT molecular complexity index is 565. The molecule has 1 aromatic rings. The third kappa shape index (κ3) is 5.99. The molecule has 3 N–H and O–H groups in total. The summed E-state index contributed by atoms with van der Waals surface area (Å²) in [5.41, 5.74) is 0.692.